The Hall–Kier alpha value is -6.22. The number of carboxylic acid groups (broad SMARTS) is 1. The Morgan fingerprint density at radius 1 is 0.582 bits per heavy atom. The van der Waals surface area contributed by atoms with Crippen LogP contribution in [0.4, 0.5) is 0 Å². The molecule has 298 valence electrons. The summed E-state index contributed by atoms with van der Waals surface area (Å²) in [4.78, 5) is 113. The number of carbonyl (C=O) groups excluding carboxylic acids is 8. The van der Waals surface area contributed by atoms with Gasteiger partial charge < -0.3 is 58.7 Å². The van der Waals surface area contributed by atoms with Crippen molar-refractivity contribution in [1.29, 1.82) is 0 Å². The maximum Gasteiger partial charge on any atom is 0.326 e. The Balaban J connectivity index is 2.17. The summed E-state index contributed by atoms with van der Waals surface area (Å²) in [6.45, 7) is 0.125. The summed E-state index contributed by atoms with van der Waals surface area (Å²) in [5.74, 6) is -10.0. The van der Waals surface area contributed by atoms with E-state index in [4.69, 9.17) is 11.5 Å². The van der Waals surface area contributed by atoms with Crippen LogP contribution < -0.4 is 43.4 Å². The summed E-state index contributed by atoms with van der Waals surface area (Å²) in [5, 5.41) is 42.5. The molecule has 2 aromatic carbocycles. The molecule has 0 aliphatic rings. The summed E-state index contributed by atoms with van der Waals surface area (Å²) in [6.07, 6.45) is -1.81. The van der Waals surface area contributed by atoms with Gasteiger partial charge in [-0.05, 0) is 23.3 Å². The lowest BCUT2D eigenvalue weighted by molar-refractivity contribution is -0.142. The van der Waals surface area contributed by atoms with E-state index in [1.807, 2.05) is 0 Å². The van der Waals surface area contributed by atoms with E-state index in [1.165, 1.54) is 24.3 Å². The number of primary amides is 2. The highest BCUT2D eigenvalue weighted by Gasteiger charge is 2.34. The number of benzene rings is 2. The zero-order chi connectivity index (χ0) is 41.2. The van der Waals surface area contributed by atoms with E-state index in [-0.39, 0.29) is 18.6 Å². The number of amides is 8. The van der Waals surface area contributed by atoms with Crippen molar-refractivity contribution < 1.29 is 58.5 Å². The Morgan fingerprint density at radius 2 is 0.982 bits per heavy atom. The van der Waals surface area contributed by atoms with E-state index in [0.717, 1.165) is 6.92 Å². The van der Waals surface area contributed by atoms with E-state index in [0.29, 0.717) is 11.1 Å². The first-order chi connectivity index (χ1) is 25.9. The molecule has 20 nitrogen and oxygen atoms in total. The second kappa shape index (κ2) is 22.1. The maximum atomic E-state index is 13.3. The van der Waals surface area contributed by atoms with Gasteiger partial charge in [0, 0.05) is 25.5 Å². The second-order valence-corrected chi connectivity index (χ2v) is 12.5. The molecule has 0 saturated heterocycles. The summed E-state index contributed by atoms with van der Waals surface area (Å²) < 4.78 is 0. The van der Waals surface area contributed by atoms with Crippen molar-refractivity contribution in [3.05, 3.63) is 65.7 Å². The van der Waals surface area contributed by atoms with Crippen LogP contribution in [0.1, 0.15) is 30.9 Å². The van der Waals surface area contributed by atoms with Crippen LogP contribution in [0.3, 0.4) is 0 Å². The van der Waals surface area contributed by atoms with Crippen LogP contribution in [0.2, 0.25) is 0 Å². The summed E-state index contributed by atoms with van der Waals surface area (Å²) >= 11 is 4.05. The standard InChI is InChI=1S/C34H44N8O12S/c1-17(44)37-21(11-19-7-9-20(45)10-8-19)29(48)38-23(14-28(36)47)31(50)42-26(16-55)33(52)39-22(13-27(35)46)30(49)41-25(15-43)32(51)40-24(34(53)54)12-18-5-3-2-4-6-18/h2-10,21-26,43,45,55H,11-16H2,1H3,(H2,35,46)(H2,36,47)(H,37,44)(H,38,48)(H,39,52)(H,40,51)(H,41,49)(H,42,50)(H,53,54)/t21-,22-,23-,24-,25-,26-/m0/s1. The van der Waals surface area contributed by atoms with Gasteiger partial charge in [0.05, 0.1) is 19.4 Å². The van der Waals surface area contributed by atoms with Crippen molar-refractivity contribution in [3.8, 4) is 5.75 Å². The fourth-order valence-corrected chi connectivity index (χ4v) is 5.20. The number of aromatic hydroxyl groups is 1. The maximum absolute atomic E-state index is 13.3. The van der Waals surface area contributed by atoms with E-state index in [9.17, 15) is 58.5 Å². The van der Waals surface area contributed by atoms with Crippen molar-refractivity contribution in [1.82, 2.24) is 31.9 Å². The van der Waals surface area contributed by atoms with Gasteiger partial charge in [0.25, 0.3) is 0 Å². The van der Waals surface area contributed by atoms with Gasteiger partial charge in [-0.25, -0.2) is 4.79 Å². The number of thiol groups is 1. The predicted molar refractivity (Wildman–Crippen MR) is 195 cm³/mol. The van der Waals surface area contributed by atoms with Gasteiger partial charge >= 0.3 is 5.97 Å². The number of nitrogens with one attached hydrogen (secondary N) is 6. The average molecular weight is 789 g/mol. The average Bonchev–Trinajstić information content (AvgIpc) is 3.11. The molecular weight excluding hydrogens is 744 g/mol. The number of aliphatic hydroxyl groups excluding tert-OH is 1. The Bertz CT molecular complexity index is 1710. The third-order valence-corrected chi connectivity index (χ3v) is 8.04. The molecule has 0 spiro atoms. The largest absolute Gasteiger partial charge is 0.508 e. The van der Waals surface area contributed by atoms with Crippen LogP contribution in [-0.2, 0) is 56.0 Å². The topological polar surface area (TPSA) is 339 Å². The SMILES string of the molecule is CC(=O)N[C@@H](Cc1ccc(O)cc1)C(=O)N[C@@H](CC(N)=O)C(=O)N[C@@H](CS)C(=O)N[C@@H](CC(N)=O)C(=O)N[C@@H](CO)C(=O)N[C@@H](Cc1ccccc1)C(=O)O. The number of aliphatic carboxylic acids is 1. The normalized spacial score (nSPS) is 13.9. The molecule has 21 heteroatoms. The van der Waals surface area contributed by atoms with Crippen LogP contribution in [-0.4, -0.2) is 117 Å². The molecule has 0 heterocycles. The van der Waals surface area contributed by atoms with Crippen molar-refractivity contribution in [2.24, 2.45) is 11.5 Å². The minimum atomic E-state index is -1.79. The van der Waals surface area contributed by atoms with Crippen LogP contribution in [0.25, 0.3) is 0 Å². The molecule has 0 unspecified atom stereocenters. The molecule has 8 amide bonds. The lowest BCUT2D eigenvalue weighted by atomic mass is 10.0. The summed E-state index contributed by atoms with van der Waals surface area (Å²) in [5.41, 5.74) is 11.6. The summed E-state index contributed by atoms with van der Waals surface area (Å²) in [7, 11) is 0. The van der Waals surface area contributed by atoms with Crippen molar-refractivity contribution in [2.75, 3.05) is 12.4 Å². The smallest absolute Gasteiger partial charge is 0.326 e. The summed E-state index contributed by atoms with van der Waals surface area (Å²) in [6, 6.07) is 4.47. The molecule has 2 rings (SSSR count). The van der Waals surface area contributed by atoms with Gasteiger partial charge in [-0.3, -0.25) is 38.4 Å². The van der Waals surface area contributed by atoms with E-state index in [1.54, 1.807) is 30.3 Å². The fourth-order valence-electron chi connectivity index (χ4n) is 4.94. The van der Waals surface area contributed by atoms with Crippen LogP contribution in [0, 0.1) is 0 Å². The lowest BCUT2D eigenvalue weighted by Crippen LogP contribution is -2.61. The highest BCUT2D eigenvalue weighted by atomic mass is 32.1. The Morgan fingerprint density at radius 3 is 1.44 bits per heavy atom. The third-order valence-electron chi connectivity index (χ3n) is 7.68. The molecule has 13 N–H and O–H groups in total. The lowest BCUT2D eigenvalue weighted by Gasteiger charge is -2.26. The number of aliphatic hydroxyl groups is 1. The second-order valence-electron chi connectivity index (χ2n) is 12.2. The highest BCUT2D eigenvalue weighted by molar-refractivity contribution is 7.80. The fraction of sp³-hybridized carbons (Fsp3) is 0.382. The highest BCUT2D eigenvalue weighted by Crippen LogP contribution is 2.12. The first kappa shape index (κ1) is 44.9. The van der Waals surface area contributed by atoms with Crippen LogP contribution in [0.15, 0.2) is 54.6 Å². The molecule has 0 aromatic heterocycles. The minimum absolute atomic E-state index is 0.0468. The van der Waals surface area contributed by atoms with Gasteiger partial charge in [0.15, 0.2) is 0 Å². The number of hydrogen-bond donors (Lipinski definition) is 12. The number of phenolic OH excluding ortho intramolecular Hbond substituents is 1. The molecule has 0 aliphatic carbocycles. The van der Waals surface area contributed by atoms with E-state index >= 15 is 0 Å². The van der Waals surface area contributed by atoms with Gasteiger partial charge in [0.2, 0.25) is 47.3 Å². The number of nitrogens with two attached hydrogens (primary N) is 2. The van der Waals surface area contributed by atoms with E-state index < -0.39 is 115 Å². The van der Waals surface area contributed by atoms with Crippen molar-refractivity contribution >= 4 is 65.9 Å². The zero-order valence-corrected chi connectivity index (χ0v) is 30.4. The molecule has 0 aliphatic heterocycles. The van der Waals surface area contributed by atoms with Crippen molar-refractivity contribution in [2.45, 2.75) is 68.9 Å². The third kappa shape index (κ3) is 15.7. The molecule has 55 heavy (non-hydrogen) atoms. The van der Waals surface area contributed by atoms with Gasteiger partial charge in [-0.1, -0.05) is 42.5 Å². The Labute approximate surface area is 319 Å². The van der Waals surface area contributed by atoms with Gasteiger partial charge in [0.1, 0.15) is 42.0 Å². The first-order valence-corrected chi connectivity index (χ1v) is 17.2. The van der Waals surface area contributed by atoms with E-state index in [2.05, 4.69) is 44.5 Å². The first-order valence-electron chi connectivity index (χ1n) is 16.6. The number of carbonyl (C=O) groups is 9. The number of rotatable bonds is 22. The number of phenols is 1. The minimum Gasteiger partial charge on any atom is -0.508 e. The molecule has 0 radical (unpaired) electrons. The van der Waals surface area contributed by atoms with Gasteiger partial charge in [-0.2, -0.15) is 12.6 Å². The van der Waals surface area contributed by atoms with Crippen LogP contribution in [0.5, 0.6) is 5.75 Å². The Kier molecular flexibility index (Phi) is 18.1. The molecule has 0 saturated carbocycles. The molecule has 0 fully saturated rings. The van der Waals surface area contributed by atoms with Gasteiger partial charge in [-0.15, -0.1) is 0 Å². The number of hydrogen-bond acceptors (Lipinski definition) is 12. The monoisotopic (exact) mass is 788 g/mol. The zero-order valence-electron chi connectivity index (χ0n) is 29.5. The molecule has 2 aromatic rings. The van der Waals surface area contributed by atoms with Crippen molar-refractivity contribution in [3.63, 3.8) is 0 Å². The van der Waals surface area contributed by atoms with Crippen LogP contribution >= 0.6 is 12.6 Å². The molecule has 0 bridgehead atoms. The number of carboxylic acids is 1. The molecular formula is C34H44N8O12S. The quantitative estimate of drug-likeness (QED) is 0.0507. The molecule has 6 atom stereocenters. The predicted octanol–water partition coefficient (Wildman–Crippen LogP) is -4.14.